The zero-order valence-electron chi connectivity index (χ0n) is 10.8. The average molecular weight is 314 g/mol. The molecule has 1 atom stereocenters. The minimum absolute atomic E-state index is 0.0313. The number of rotatable bonds is 3. The molecule has 0 saturated carbocycles. The first-order chi connectivity index (χ1) is 10.0. The molecular formula is C15H11ClF3NO. The van der Waals surface area contributed by atoms with E-state index in [0.29, 0.717) is 12.2 Å². The zero-order chi connectivity index (χ0) is 15.0. The predicted molar refractivity (Wildman–Crippen MR) is 74.4 cm³/mol. The molecule has 2 nitrogen and oxygen atoms in total. The molecule has 110 valence electrons. The first-order valence-electron chi connectivity index (χ1n) is 6.36. The van der Waals surface area contributed by atoms with Crippen LogP contribution in [0.1, 0.15) is 5.56 Å². The highest BCUT2D eigenvalue weighted by Crippen LogP contribution is 2.31. The highest BCUT2D eigenvalue weighted by atomic mass is 35.5. The van der Waals surface area contributed by atoms with Crippen LogP contribution >= 0.6 is 11.6 Å². The van der Waals surface area contributed by atoms with Crippen LogP contribution in [-0.2, 0) is 6.42 Å². The van der Waals surface area contributed by atoms with Crippen LogP contribution in [0, 0.1) is 17.5 Å². The molecule has 0 fully saturated rings. The Kier molecular flexibility index (Phi) is 3.68. The summed E-state index contributed by atoms with van der Waals surface area (Å²) in [6, 6.07) is 6.10. The van der Waals surface area contributed by atoms with Crippen LogP contribution in [0.25, 0.3) is 0 Å². The Morgan fingerprint density at radius 2 is 1.95 bits per heavy atom. The van der Waals surface area contributed by atoms with E-state index in [1.54, 1.807) is 6.07 Å². The molecule has 1 unspecified atom stereocenters. The maximum atomic E-state index is 13.6. The fraction of sp³-hybridized carbons (Fsp3) is 0.200. The second-order valence-electron chi connectivity index (χ2n) is 4.82. The molecule has 1 aliphatic heterocycles. The average Bonchev–Trinajstić information content (AvgIpc) is 2.79. The quantitative estimate of drug-likeness (QED) is 0.918. The first-order valence-corrected chi connectivity index (χ1v) is 6.74. The molecular weight excluding hydrogens is 303 g/mol. The number of hydrogen-bond acceptors (Lipinski definition) is 2. The molecule has 0 bridgehead atoms. The van der Waals surface area contributed by atoms with Crippen molar-refractivity contribution in [3.63, 3.8) is 0 Å². The van der Waals surface area contributed by atoms with E-state index >= 15 is 0 Å². The van der Waals surface area contributed by atoms with Crippen molar-refractivity contribution in [2.24, 2.45) is 0 Å². The van der Waals surface area contributed by atoms with Gasteiger partial charge in [-0.3, -0.25) is 0 Å². The van der Waals surface area contributed by atoms with Crippen LogP contribution < -0.4 is 10.1 Å². The minimum atomic E-state index is -0.762. The second-order valence-corrected chi connectivity index (χ2v) is 5.23. The summed E-state index contributed by atoms with van der Waals surface area (Å²) in [7, 11) is 0. The lowest BCUT2D eigenvalue weighted by atomic mass is 10.1. The molecule has 0 spiro atoms. The third-order valence-corrected chi connectivity index (χ3v) is 3.58. The molecule has 1 aliphatic rings. The summed E-state index contributed by atoms with van der Waals surface area (Å²) < 4.78 is 45.3. The van der Waals surface area contributed by atoms with E-state index in [2.05, 4.69) is 5.32 Å². The molecule has 1 heterocycles. The predicted octanol–water partition coefficient (Wildman–Crippen LogP) is 4.17. The minimum Gasteiger partial charge on any atom is -0.488 e. The number of hydrogen-bond donors (Lipinski definition) is 1. The van der Waals surface area contributed by atoms with Crippen LogP contribution in [-0.4, -0.2) is 12.6 Å². The fourth-order valence-corrected chi connectivity index (χ4v) is 2.59. The lowest BCUT2D eigenvalue weighted by molar-refractivity contribution is 0.246. The number of nitrogens with one attached hydrogen (secondary N) is 1. The molecule has 0 aliphatic carbocycles. The van der Waals surface area contributed by atoms with Gasteiger partial charge < -0.3 is 10.1 Å². The summed E-state index contributed by atoms with van der Waals surface area (Å²) in [6.45, 7) is 0.276. The van der Waals surface area contributed by atoms with E-state index in [4.69, 9.17) is 16.3 Å². The Balaban J connectivity index is 1.68. The van der Waals surface area contributed by atoms with E-state index in [9.17, 15) is 13.2 Å². The zero-order valence-corrected chi connectivity index (χ0v) is 11.6. The van der Waals surface area contributed by atoms with E-state index in [0.717, 1.165) is 17.7 Å². The van der Waals surface area contributed by atoms with Crippen molar-refractivity contribution in [1.29, 1.82) is 0 Å². The van der Waals surface area contributed by atoms with Gasteiger partial charge in [0.25, 0.3) is 0 Å². The maximum Gasteiger partial charge on any atom is 0.150 e. The molecule has 0 amide bonds. The molecule has 0 saturated heterocycles. The number of anilines is 1. The summed E-state index contributed by atoms with van der Waals surface area (Å²) in [6.07, 6.45) is 0.253. The SMILES string of the molecule is Fc1cc(F)c(NCC2Cc3cc(F)ccc3O2)c(Cl)c1. The van der Waals surface area contributed by atoms with Crippen molar-refractivity contribution in [3.8, 4) is 5.75 Å². The van der Waals surface area contributed by atoms with Gasteiger partial charge in [0.15, 0.2) is 5.82 Å². The smallest absolute Gasteiger partial charge is 0.150 e. The topological polar surface area (TPSA) is 21.3 Å². The maximum absolute atomic E-state index is 13.6. The molecule has 2 aromatic rings. The van der Waals surface area contributed by atoms with Crippen LogP contribution in [0.2, 0.25) is 5.02 Å². The van der Waals surface area contributed by atoms with Crippen LogP contribution in [0.4, 0.5) is 18.9 Å². The number of benzene rings is 2. The van der Waals surface area contributed by atoms with Gasteiger partial charge in [0.1, 0.15) is 23.5 Å². The van der Waals surface area contributed by atoms with Crippen molar-refractivity contribution in [2.45, 2.75) is 12.5 Å². The Hall–Kier alpha value is -1.88. The van der Waals surface area contributed by atoms with E-state index < -0.39 is 11.6 Å². The van der Waals surface area contributed by atoms with Gasteiger partial charge in [-0.05, 0) is 24.3 Å². The van der Waals surface area contributed by atoms with Crippen molar-refractivity contribution >= 4 is 17.3 Å². The summed E-state index contributed by atoms with van der Waals surface area (Å²) >= 11 is 5.80. The van der Waals surface area contributed by atoms with Crippen molar-refractivity contribution in [2.75, 3.05) is 11.9 Å². The number of ether oxygens (including phenoxy) is 1. The first kappa shape index (κ1) is 14.1. The third kappa shape index (κ3) is 2.93. The van der Waals surface area contributed by atoms with Gasteiger partial charge >= 0.3 is 0 Å². The number of halogens is 4. The third-order valence-electron chi connectivity index (χ3n) is 3.28. The van der Waals surface area contributed by atoms with E-state index in [-0.39, 0.29) is 29.2 Å². The Labute approximate surface area is 124 Å². The van der Waals surface area contributed by atoms with Gasteiger partial charge in [-0.2, -0.15) is 0 Å². The number of fused-ring (bicyclic) bond motifs is 1. The molecule has 2 aromatic carbocycles. The van der Waals surface area contributed by atoms with E-state index in [1.807, 2.05) is 0 Å². The Bertz CT molecular complexity index is 670. The molecule has 0 radical (unpaired) electrons. The summed E-state index contributed by atoms with van der Waals surface area (Å²) in [4.78, 5) is 0. The largest absolute Gasteiger partial charge is 0.488 e. The lowest BCUT2D eigenvalue weighted by Gasteiger charge is -2.14. The van der Waals surface area contributed by atoms with Crippen LogP contribution in [0.15, 0.2) is 30.3 Å². The van der Waals surface area contributed by atoms with E-state index in [1.165, 1.54) is 12.1 Å². The molecule has 6 heteroatoms. The van der Waals surface area contributed by atoms with Gasteiger partial charge in [0.2, 0.25) is 0 Å². The van der Waals surface area contributed by atoms with Gasteiger partial charge in [-0.25, -0.2) is 13.2 Å². The Morgan fingerprint density at radius 1 is 1.14 bits per heavy atom. The fourth-order valence-electron chi connectivity index (χ4n) is 2.33. The van der Waals surface area contributed by atoms with Crippen molar-refractivity contribution < 1.29 is 17.9 Å². The van der Waals surface area contributed by atoms with Crippen LogP contribution in [0.5, 0.6) is 5.75 Å². The molecule has 1 N–H and O–H groups in total. The molecule has 3 rings (SSSR count). The molecule has 0 aromatic heterocycles. The standard InChI is InChI=1S/C15H11ClF3NO/c16-12-5-10(18)6-13(19)15(12)20-7-11-4-8-3-9(17)1-2-14(8)21-11/h1-3,5-6,11,20H,4,7H2. The summed E-state index contributed by atoms with van der Waals surface area (Å²) in [5.74, 6) is -1.20. The van der Waals surface area contributed by atoms with Crippen LogP contribution in [0.3, 0.4) is 0 Å². The lowest BCUT2D eigenvalue weighted by Crippen LogP contribution is -2.24. The highest BCUT2D eigenvalue weighted by molar-refractivity contribution is 6.33. The normalized spacial score (nSPS) is 16.5. The van der Waals surface area contributed by atoms with Gasteiger partial charge in [-0.15, -0.1) is 0 Å². The second kappa shape index (κ2) is 5.48. The van der Waals surface area contributed by atoms with Gasteiger partial charge in [0.05, 0.1) is 17.3 Å². The van der Waals surface area contributed by atoms with Crippen molar-refractivity contribution in [3.05, 3.63) is 58.4 Å². The van der Waals surface area contributed by atoms with Crippen molar-refractivity contribution in [1.82, 2.24) is 0 Å². The Morgan fingerprint density at radius 3 is 2.71 bits per heavy atom. The van der Waals surface area contributed by atoms with Gasteiger partial charge in [0, 0.05) is 18.1 Å². The summed E-state index contributed by atoms with van der Waals surface area (Å²) in [5.41, 5.74) is 0.802. The highest BCUT2D eigenvalue weighted by Gasteiger charge is 2.23. The summed E-state index contributed by atoms with van der Waals surface area (Å²) in [5, 5.41) is 2.77. The van der Waals surface area contributed by atoms with Gasteiger partial charge in [-0.1, -0.05) is 11.6 Å². The monoisotopic (exact) mass is 313 g/mol. The molecule has 21 heavy (non-hydrogen) atoms.